The molecule has 3 amide bonds. The molecule has 30 heavy (non-hydrogen) atoms. The number of hydrogen-bond donors (Lipinski definition) is 3. The van der Waals surface area contributed by atoms with Crippen LogP contribution >= 0.6 is 0 Å². The lowest BCUT2D eigenvalue weighted by atomic mass is 10.2. The lowest BCUT2D eigenvalue weighted by molar-refractivity contribution is -0.154. The molecule has 0 bridgehead atoms. The summed E-state index contributed by atoms with van der Waals surface area (Å²) in [6.45, 7) is 0.903. The summed E-state index contributed by atoms with van der Waals surface area (Å²) < 4.78 is 14.9. The van der Waals surface area contributed by atoms with E-state index < -0.39 is 36.3 Å². The number of hydrogen-bond acceptors (Lipinski definition) is 7. The molecule has 1 heterocycles. The lowest BCUT2D eigenvalue weighted by Gasteiger charge is -2.14. The van der Waals surface area contributed by atoms with Crippen molar-refractivity contribution in [3.63, 3.8) is 0 Å². The van der Waals surface area contributed by atoms with E-state index in [-0.39, 0.29) is 18.8 Å². The highest BCUT2D eigenvalue weighted by Gasteiger charge is 2.18. The number of rotatable bonds is 10. The Hall–Kier alpha value is -3.82. The maximum Gasteiger partial charge on any atom is 0.326 e. The Balaban J connectivity index is 1.64. The van der Waals surface area contributed by atoms with Crippen LogP contribution in [0.15, 0.2) is 47.1 Å². The minimum absolute atomic E-state index is 0.0664. The van der Waals surface area contributed by atoms with E-state index in [2.05, 4.69) is 16.0 Å². The van der Waals surface area contributed by atoms with Crippen LogP contribution in [0.5, 0.6) is 5.75 Å². The van der Waals surface area contributed by atoms with Crippen molar-refractivity contribution in [1.82, 2.24) is 16.0 Å². The van der Waals surface area contributed by atoms with Crippen molar-refractivity contribution in [3.05, 3.63) is 54.0 Å². The number of nitrogens with one attached hydrogen (secondary N) is 3. The normalized spacial score (nSPS) is 11.1. The van der Waals surface area contributed by atoms with Gasteiger partial charge in [0.2, 0.25) is 5.91 Å². The highest BCUT2D eigenvalue weighted by atomic mass is 16.5. The molecule has 160 valence electrons. The quantitative estimate of drug-likeness (QED) is 0.476. The molecule has 0 radical (unpaired) electrons. The number of carbonyl (C=O) groups excluding carboxylic acids is 4. The number of carbonyl (C=O) groups is 4. The largest absolute Gasteiger partial charge is 0.497 e. The minimum Gasteiger partial charge on any atom is -0.497 e. The lowest BCUT2D eigenvalue weighted by Crippen LogP contribution is -2.41. The zero-order valence-electron chi connectivity index (χ0n) is 16.6. The van der Waals surface area contributed by atoms with E-state index in [4.69, 9.17) is 13.9 Å². The summed E-state index contributed by atoms with van der Waals surface area (Å²) >= 11 is 0. The van der Waals surface area contributed by atoms with E-state index >= 15 is 0 Å². The molecule has 2 aromatic rings. The Labute approximate surface area is 172 Å². The fourth-order valence-electron chi connectivity index (χ4n) is 2.26. The van der Waals surface area contributed by atoms with Crippen LogP contribution in [0.2, 0.25) is 0 Å². The second kappa shape index (κ2) is 11.2. The molecule has 1 aromatic heterocycles. The fourth-order valence-corrected chi connectivity index (χ4v) is 2.26. The van der Waals surface area contributed by atoms with Gasteiger partial charge >= 0.3 is 5.97 Å². The molecule has 0 aliphatic rings. The van der Waals surface area contributed by atoms with Crippen LogP contribution in [0.3, 0.4) is 0 Å². The van der Waals surface area contributed by atoms with Crippen molar-refractivity contribution in [2.24, 2.45) is 0 Å². The van der Waals surface area contributed by atoms with Gasteiger partial charge in [0.25, 0.3) is 11.8 Å². The Morgan fingerprint density at radius 3 is 2.37 bits per heavy atom. The average Bonchev–Trinajstić information content (AvgIpc) is 3.29. The highest BCUT2D eigenvalue weighted by molar-refractivity contribution is 5.94. The topological polar surface area (TPSA) is 136 Å². The van der Waals surface area contributed by atoms with E-state index in [0.717, 1.165) is 5.56 Å². The van der Waals surface area contributed by atoms with Crippen molar-refractivity contribution in [1.29, 1.82) is 0 Å². The van der Waals surface area contributed by atoms with Crippen LogP contribution in [-0.2, 0) is 25.7 Å². The summed E-state index contributed by atoms with van der Waals surface area (Å²) in [7, 11) is 1.56. The molecular weight excluding hydrogens is 394 g/mol. The predicted octanol–water partition coefficient (Wildman–Crippen LogP) is 0.382. The van der Waals surface area contributed by atoms with Gasteiger partial charge in [-0.05, 0) is 36.8 Å². The molecule has 0 unspecified atom stereocenters. The Morgan fingerprint density at radius 1 is 1.00 bits per heavy atom. The first-order valence-corrected chi connectivity index (χ1v) is 9.07. The minimum atomic E-state index is -1.04. The van der Waals surface area contributed by atoms with Gasteiger partial charge in [0.05, 0.1) is 19.9 Å². The van der Waals surface area contributed by atoms with Gasteiger partial charge in [-0.2, -0.15) is 0 Å². The van der Waals surface area contributed by atoms with Gasteiger partial charge in [-0.25, -0.2) is 0 Å². The summed E-state index contributed by atoms with van der Waals surface area (Å²) in [5, 5.41) is 7.28. The first kappa shape index (κ1) is 22.5. The van der Waals surface area contributed by atoms with Crippen LogP contribution < -0.4 is 20.7 Å². The third kappa shape index (κ3) is 7.30. The Kier molecular flexibility index (Phi) is 8.42. The second-order valence-electron chi connectivity index (χ2n) is 6.13. The molecule has 1 aromatic carbocycles. The average molecular weight is 417 g/mol. The van der Waals surface area contributed by atoms with Crippen LogP contribution in [-0.4, -0.2) is 50.0 Å². The molecule has 0 aliphatic heterocycles. The van der Waals surface area contributed by atoms with Gasteiger partial charge in [0.1, 0.15) is 12.3 Å². The summed E-state index contributed by atoms with van der Waals surface area (Å²) in [6.07, 6.45) is 0.297. The molecule has 0 spiro atoms. The molecule has 1 atom stereocenters. The molecule has 2 rings (SSSR count). The van der Waals surface area contributed by atoms with Gasteiger partial charge in [0, 0.05) is 6.54 Å². The van der Waals surface area contributed by atoms with Gasteiger partial charge in [0.15, 0.2) is 11.9 Å². The second-order valence-corrected chi connectivity index (χ2v) is 6.13. The summed E-state index contributed by atoms with van der Waals surface area (Å²) in [5.41, 5.74) is 0.853. The van der Waals surface area contributed by atoms with Crippen LogP contribution in [0, 0.1) is 0 Å². The van der Waals surface area contributed by atoms with Gasteiger partial charge in [-0.15, -0.1) is 0 Å². The Bertz CT molecular complexity index is 863. The van der Waals surface area contributed by atoms with Crippen LogP contribution in [0.25, 0.3) is 0 Å². The molecule has 10 heteroatoms. The van der Waals surface area contributed by atoms with E-state index in [9.17, 15) is 19.2 Å². The van der Waals surface area contributed by atoms with Gasteiger partial charge in [-0.3, -0.25) is 19.2 Å². The van der Waals surface area contributed by atoms with Gasteiger partial charge < -0.3 is 29.8 Å². The Morgan fingerprint density at radius 2 is 1.73 bits per heavy atom. The first-order valence-electron chi connectivity index (χ1n) is 9.07. The third-order valence-electron chi connectivity index (χ3n) is 3.89. The number of esters is 1. The van der Waals surface area contributed by atoms with E-state index in [1.807, 2.05) is 0 Å². The third-order valence-corrected chi connectivity index (χ3v) is 3.89. The molecule has 0 saturated heterocycles. The maximum atomic E-state index is 12.0. The fraction of sp³-hybridized carbons (Fsp3) is 0.300. The highest BCUT2D eigenvalue weighted by Crippen LogP contribution is 2.11. The van der Waals surface area contributed by atoms with Crippen molar-refractivity contribution < 1.29 is 33.1 Å². The van der Waals surface area contributed by atoms with E-state index in [0.29, 0.717) is 5.75 Å². The summed E-state index contributed by atoms with van der Waals surface area (Å²) in [4.78, 5) is 47.2. The van der Waals surface area contributed by atoms with Gasteiger partial charge in [-0.1, -0.05) is 12.1 Å². The maximum absolute atomic E-state index is 12.0. The zero-order chi connectivity index (χ0) is 21.9. The predicted molar refractivity (Wildman–Crippen MR) is 104 cm³/mol. The van der Waals surface area contributed by atoms with Crippen molar-refractivity contribution in [3.8, 4) is 5.75 Å². The molecule has 0 saturated carbocycles. The number of ether oxygens (including phenoxy) is 2. The molecule has 10 nitrogen and oxygen atoms in total. The van der Waals surface area contributed by atoms with Crippen LogP contribution in [0.1, 0.15) is 23.0 Å². The van der Waals surface area contributed by atoms with Crippen molar-refractivity contribution in [2.75, 3.05) is 20.2 Å². The smallest absolute Gasteiger partial charge is 0.326 e. The van der Waals surface area contributed by atoms with E-state index in [1.54, 1.807) is 37.4 Å². The summed E-state index contributed by atoms with van der Waals surface area (Å²) in [6, 6.07) is 10.1. The molecule has 3 N–H and O–H groups in total. The number of benzene rings is 1. The number of amides is 3. The van der Waals surface area contributed by atoms with Crippen molar-refractivity contribution >= 4 is 23.7 Å². The molecule has 0 fully saturated rings. The standard InChI is InChI=1S/C20H23N3O7/c1-13(19(26)22-10-14-5-7-15(28-2)8-6-14)30-18(25)12-21-17(24)11-23-20(27)16-4-3-9-29-16/h3-9,13H,10-12H2,1-2H3,(H,21,24)(H,22,26)(H,23,27)/t13-/m1/s1. The monoisotopic (exact) mass is 417 g/mol. The van der Waals surface area contributed by atoms with Crippen LogP contribution in [0.4, 0.5) is 0 Å². The number of furan rings is 1. The summed E-state index contributed by atoms with van der Waals surface area (Å²) in [5.74, 6) is -1.64. The molecule has 0 aliphatic carbocycles. The van der Waals surface area contributed by atoms with E-state index in [1.165, 1.54) is 19.3 Å². The zero-order valence-corrected chi connectivity index (χ0v) is 16.6. The SMILES string of the molecule is COc1ccc(CNC(=O)[C@@H](C)OC(=O)CNC(=O)CNC(=O)c2ccco2)cc1. The molecular formula is C20H23N3O7. The van der Waals surface area contributed by atoms with Crippen molar-refractivity contribution in [2.45, 2.75) is 19.6 Å². The number of methoxy groups -OCH3 is 1. The first-order chi connectivity index (χ1) is 14.4.